The number of furan rings is 1. The third kappa shape index (κ3) is 6.04. The highest BCUT2D eigenvalue weighted by Crippen LogP contribution is 2.51. The summed E-state index contributed by atoms with van der Waals surface area (Å²) >= 11 is 0. The molecule has 9 aromatic rings. The van der Waals surface area contributed by atoms with Gasteiger partial charge in [0, 0.05) is 33.2 Å². The van der Waals surface area contributed by atoms with E-state index >= 15 is 0 Å². The van der Waals surface area contributed by atoms with E-state index in [0.717, 1.165) is 50.1 Å². The van der Waals surface area contributed by atoms with Gasteiger partial charge >= 0.3 is 0 Å². The maximum atomic E-state index is 6.12. The molecule has 0 radical (unpaired) electrons. The number of para-hydroxylation sites is 1. The first-order chi connectivity index (χ1) is 27.6. The minimum absolute atomic E-state index is 0.0426. The molecule has 0 unspecified atom stereocenters. The van der Waals surface area contributed by atoms with E-state index in [2.05, 4.69) is 209 Å². The van der Waals surface area contributed by atoms with Gasteiger partial charge in [-0.15, -0.1) is 0 Å². The molecule has 0 saturated heterocycles. The van der Waals surface area contributed by atoms with Crippen LogP contribution in [0.2, 0.25) is 0 Å². The molecule has 1 heterocycles. The van der Waals surface area contributed by atoms with Gasteiger partial charge in [0.2, 0.25) is 0 Å². The average Bonchev–Trinajstić information content (AvgIpc) is 3.72. The summed E-state index contributed by atoms with van der Waals surface area (Å²) < 4.78 is 6.12. The highest BCUT2D eigenvalue weighted by molar-refractivity contribution is 6.06. The molecule has 0 bridgehead atoms. The number of anilines is 3. The van der Waals surface area contributed by atoms with Crippen molar-refractivity contribution in [3.8, 4) is 44.5 Å². The molecule has 0 saturated carbocycles. The van der Waals surface area contributed by atoms with Crippen LogP contribution in [-0.4, -0.2) is 0 Å². The molecule has 276 valence electrons. The zero-order chi connectivity index (χ0) is 38.9. The molecule has 57 heavy (non-hydrogen) atoms. The molecule has 2 heteroatoms. The summed E-state index contributed by atoms with van der Waals surface area (Å²) in [6, 6.07) is 66.4. The van der Waals surface area contributed by atoms with Gasteiger partial charge in [-0.3, -0.25) is 0 Å². The Bertz CT molecular complexity index is 2940. The second-order valence-electron chi connectivity index (χ2n) is 17.1. The molecule has 1 aromatic heterocycles. The Labute approximate surface area is 335 Å². The van der Waals surface area contributed by atoms with Crippen molar-refractivity contribution in [1.29, 1.82) is 0 Å². The lowest BCUT2D eigenvalue weighted by atomic mass is 9.79. The van der Waals surface area contributed by atoms with Gasteiger partial charge in [-0.25, -0.2) is 0 Å². The van der Waals surface area contributed by atoms with Crippen molar-refractivity contribution in [1.82, 2.24) is 0 Å². The average molecular weight is 736 g/mol. The lowest BCUT2D eigenvalue weighted by Crippen LogP contribution is -2.17. The largest absolute Gasteiger partial charge is 0.456 e. The lowest BCUT2D eigenvalue weighted by molar-refractivity contribution is 0.584. The second kappa shape index (κ2) is 13.2. The summed E-state index contributed by atoms with van der Waals surface area (Å²) in [7, 11) is 0. The Morgan fingerprint density at radius 2 is 0.982 bits per heavy atom. The molecule has 8 aromatic carbocycles. The van der Waals surface area contributed by atoms with E-state index in [1.807, 2.05) is 12.1 Å². The van der Waals surface area contributed by atoms with Crippen LogP contribution in [0.25, 0.3) is 66.4 Å². The third-order valence-electron chi connectivity index (χ3n) is 12.0. The van der Waals surface area contributed by atoms with Crippen LogP contribution in [0.4, 0.5) is 17.1 Å². The van der Waals surface area contributed by atoms with E-state index in [-0.39, 0.29) is 10.8 Å². The van der Waals surface area contributed by atoms with Crippen LogP contribution in [0, 0.1) is 0 Å². The van der Waals surface area contributed by atoms with Crippen LogP contribution < -0.4 is 4.90 Å². The number of rotatable bonds is 6. The Morgan fingerprint density at radius 3 is 1.70 bits per heavy atom. The smallest absolute Gasteiger partial charge is 0.135 e. The van der Waals surface area contributed by atoms with Gasteiger partial charge in [0.15, 0.2) is 0 Å². The summed E-state index contributed by atoms with van der Waals surface area (Å²) in [6.07, 6.45) is 0. The van der Waals surface area contributed by atoms with Crippen molar-refractivity contribution in [2.45, 2.75) is 45.4 Å². The van der Waals surface area contributed by atoms with Crippen LogP contribution in [-0.2, 0) is 10.8 Å². The molecule has 2 nitrogen and oxygen atoms in total. The topological polar surface area (TPSA) is 16.4 Å². The molecule has 0 atom stereocenters. The number of benzene rings is 8. The van der Waals surface area contributed by atoms with E-state index < -0.39 is 0 Å². The molecule has 0 N–H and O–H groups in total. The summed E-state index contributed by atoms with van der Waals surface area (Å²) in [5.74, 6) is 0. The fourth-order valence-electron chi connectivity index (χ4n) is 8.81. The Morgan fingerprint density at radius 1 is 0.404 bits per heavy atom. The van der Waals surface area contributed by atoms with Crippen molar-refractivity contribution in [2.24, 2.45) is 0 Å². The molecule has 10 rings (SSSR count). The fourth-order valence-corrected chi connectivity index (χ4v) is 8.81. The first-order valence-corrected chi connectivity index (χ1v) is 20.0. The van der Waals surface area contributed by atoms with E-state index in [0.29, 0.717) is 0 Å². The van der Waals surface area contributed by atoms with E-state index in [1.165, 1.54) is 50.1 Å². The molecular formula is C55H45NO. The minimum Gasteiger partial charge on any atom is -0.456 e. The zero-order valence-electron chi connectivity index (χ0n) is 33.2. The molecule has 0 fully saturated rings. The second-order valence-corrected chi connectivity index (χ2v) is 17.1. The Hall–Kier alpha value is -6.64. The maximum Gasteiger partial charge on any atom is 0.135 e. The summed E-state index contributed by atoms with van der Waals surface area (Å²) in [4.78, 5) is 2.36. The summed E-state index contributed by atoms with van der Waals surface area (Å²) in [6.45, 7) is 11.6. The van der Waals surface area contributed by atoms with Crippen molar-refractivity contribution in [3.05, 3.63) is 199 Å². The monoisotopic (exact) mass is 735 g/mol. The normalized spacial score (nSPS) is 13.1. The van der Waals surface area contributed by atoms with E-state index in [4.69, 9.17) is 4.42 Å². The van der Waals surface area contributed by atoms with Crippen molar-refractivity contribution < 1.29 is 4.42 Å². The molecule has 1 aliphatic carbocycles. The molecule has 0 amide bonds. The van der Waals surface area contributed by atoms with Gasteiger partial charge in [-0.1, -0.05) is 156 Å². The van der Waals surface area contributed by atoms with Crippen LogP contribution in [0.5, 0.6) is 0 Å². The first kappa shape index (κ1) is 34.8. The quantitative estimate of drug-likeness (QED) is 0.169. The van der Waals surface area contributed by atoms with Gasteiger partial charge in [0.05, 0.1) is 0 Å². The summed E-state index contributed by atoms with van der Waals surface area (Å²) in [5.41, 5.74) is 19.2. The predicted molar refractivity (Wildman–Crippen MR) is 241 cm³/mol. The van der Waals surface area contributed by atoms with Crippen molar-refractivity contribution in [3.63, 3.8) is 0 Å². The molecule has 0 spiro atoms. The third-order valence-corrected chi connectivity index (χ3v) is 12.0. The Kier molecular flexibility index (Phi) is 8.09. The van der Waals surface area contributed by atoms with Gasteiger partial charge in [-0.05, 0) is 127 Å². The Balaban J connectivity index is 1.02. The van der Waals surface area contributed by atoms with Gasteiger partial charge in [0.25, 0.3) is 0 Å². The van der Waals surface area contributed by atoms with E-state index in [9.17, 15) is 0 Å². The molecule has 0 aliphatic heterocycles. The SMILES string of the molecule is CC(C)(C)c1ccc2c(c1)C(C)(C)c1ccc(-c3ccc(N(c4ccc(-c5ccc6oc7ccccc7c6c5)cc4)c4cccc(-c5ccccc5)c4)cc3)cc1-2. The maximum absolute atomic E-state index is 6.12. The van der Waals surface area contributed by atoms with Crippen LogP contribution >= 0.6 is 0 Å². The number of hydrogen-bond acceptors (Lipinski definition) is 2. The van der Waals surface area contributed by atoms with Gasteiger partial charge in [0.1, 0.15) is 11.2 Å². The molecular weight excluding hydrogens is 691 g/mol. The van der Waals surface area contributed by atoms with Crippen LogP contribution in [0.1, 0.15) is 51.3 Å². The predicted octanol–water partition coefficient (Wildman–Crippen LogP) is 15.7. The summed E-state index contributed by atoms with van der Waals surface area (Å²) in [5, 5.41) is 2.28. The lowest BCUT2D eigenvalue weighted by Gasteiger charge is -2.26. The fraction of sp³-hybridized carbons (Fsp3) is 0.127. The highest BCUT2D eigenvalue weighted by atomic mass is 16.3. The van der Waals surface area contributed by atoms with Crippen molar-refractivity contribution >= 4 is 39.0 Å². The zero-order valence-corrected chi connectivity index (χ0v) is 33.2. The minimum atomic E-state index is -0.0426. The number of nitrogens with zero attached hydrogens (tertiary/aromatic N) is 1. The standard InChI is InChI=1S/C55H45NO/c1-54(2,3)42-24-29-46-48-33-40(22-30-50(48)55(4,5)51(46)35-42)37-18-25-43(26-19-37)56(45-15-11-14-39(32-45)36-12-7-6-8-13-36)44-27-20-38(21-28-44)41-23-31-53-49(34-41)47-16-9-10-17-52(47)57-53/h6-35H,1-5H3. The van der Waals surface area contributed by atoms with E-state index in [1.54, 1.807) is 0 Å². The number of fused-ring (bicyclic) bond motifs is 6. The van der Waals surface area contributed by atoms with Crippen molar-refractivity contribution in [2.75, 3.05) is 4.90 Å². The number of hydrogen-bond donors (Lipinski definition) is 0. The van der Waals surface area contributed by atoms with Crippen LogP contribution in [0.15, 0.2) is 186 Å². The first-order valence-electron chi connectivity index (χ1n) is 20.0. The van der Waals surface area contributed by atoms with Gasteiger partial charge in [-0.2, -0.15) is 0 Å². The highest BCUT2D eigenvalue weighted by Gasteiger charge is 2.36. The molecule has 1 aliphatic rings. The van der Waals surface area contributed by atoms with Crippen LogP contribution in [0.3, 0.4) is 0 Å². The van der Waals surface area contributed by atoms with Gasteiger partial charge < -0.3 is 9.32 Å².